The monoisotopic (exact) mass is 1080 g/mol. The number of rotatable bonds is 58. The summed E-state index contributed by atoms with van der Waals surface area (Å²) in [6, 6.07) is 0. The summed E-state index contributed by atoms with van der Waals surface area (Å²) >= 11 is 0. The number of esters is 2. The van der Waals surface area contributed by atoms with Gasteiger partial charge < -0.3 is 20.1 Å². The molecule has 0 aliphatic rings. The number of phosphoric ester groups is 1. The van der Waals surface area contributed by atoms with E-state index in [1.165, 1.54) is 148 Å². The van der Waals surface area contributed by atoms with E-state index in [1.807, 2.05) is 0 Å². The van der Waals surface area contributed by atoms with Gasteiger partial charge in [0.2, 0.25) is 0 Å². The standard InChI is InChI=1S/C66H116NO8P/c1-3-5-7-9-11-13-15-17-19-21-23-24-25-26-27-28-29-30-31-32-33-34-35-36-37-38-39-40-41-43-45-47-49-51-53-55-57-59-66(69)75-64(63-74-76(70,71)73-61-60-67)62-72-65(68)58-56-54-52-50-48-46-44-42-22-20-18-16-14-12-10-8-6-4-2/h5,7,11,13-14,16-17,19-20,22-24,26-27,29-30,64H,3-4,6,8-10,12,15,18,21,25,28,31-63,67H2,1-2H3,(H,70,71)/b7-5-,13-11-,16-14-,19-17-,22-20-,24-23-,27-26-,30-29-. The van der Waals surface area contributed by atoms with Gasteiger partial charge in [0.1, 0.15) is 6.61 Å². The third-order valence-electron chi connectivity index (χ3n) is 13.2. The third kappa shape index (κ3) is 60.2. The van der Waals surface area contributed by atoms with E-state index in [4.69, 9.17) is 24.3 Å². The van der Waals surface area contributed by atoms with Crippen LogP contribution in [0.1, 0.15) is 277 Å². The van der Waals surface area contributed by atoms with Gasteiger partial charge in [0.15, 0.2) is 6.10 Å². The smallest absolute Gasteiger partial charge is 0.462 e. The lowest BCUT2D eigenvalue weighted by atomic mass is 10.0. The fourth-order valence-corrected chi connectivity index (χ4v) is 9.38. The molecule has 0 amide bonds. The number of allylic oxidation sites excluding steroid dienone is 16. The largest absolute Gasteiger partial charge is 0.472 e. The van der Waals surface area contributed by atoms with Crippen LogP contribution in [0.5, 0.6) is 0 Å². The first-order valence-corrected chi connectivity index (χ1v) is 32.7. The highest BCUT2D eigenvalue weighted by Gasteiger charge is 2.26. The predicted octanol–water partition coefficient (Wildman–Crippen LogP) is 20.0. The van der Waals surface area contributed by atoms with Gasteiger partial charge in [-0.25, -0.2) is 4.57 Å². The van der Waals surface area contributed by atoms with Crippen molar-refractivity contribution in [2.45, 2.75) is 283 Å². The second-order valence-corrected chi connectivity index (χ2v) is 22.0. The summed E-state index contributed by atoms with van der Waals surface area (Å²) in [5.74, 6) is -0.831. The molecular formula is C66H116NO8P. The highest BCUT2D eigenvalue weighted by molar-refractivity contribution is 7.47. The zero-order chi connectivity index (χ0) is 55.2. The molecule has 0 rings (SSSR count). The van der Waals surface area contributed by atoms with Crippen molar-refractivity contribution >= 4 is 19.8 Å². The van der Waals surface area contributed by atoms with Gasteiger partial charge in [-0.1, -0.05) is 265 Å². The van der Waals surface area contributed by atoms with Gasteiger partial charge in [0, 0.05) is 19.4 Å². The van der Waals surface area contributed by atoms with Crippen molar-refractivity contribution in [3.05, 3.63) is 97.2 Å². The lowest BCUT2D eigenvalue weighted by Gasteiger charge is -2.19. The van der Waals surface area contributed by atoms with Crippen LogP contribution in [-0.4, -0.2) is 49.3 Å². The van der Waals surface area contributed by atoms with Crippen LogP contribution >= 0.6 is 7.82 Å². The molecule has 0 aromatic carbocycles. The number of unbranched alkanes of at least 4 members (excludes halogenated alkanes) is 29. The normalized spacial score (nSPS) is 13.7. The molecule has 0 radical (unpaired) electrons. The zero-order valence-electron chi connectivity index (χ0n) is 49.0. The Morgan fingerprint density at radius 3 is 1.08 bits per heavy atom. The van der Waals surface area contributed by atoms with Gasteiger partial charge in [-0.3, -0.25) is 18.6 Å². The quantitative estimate of drug-likeness (QED) is 0.0264. The molecule has 0 aliphatic carbocycles. The summed E-state index contributed by atoms with van der Waals surface area (Å²) < 4.78 is 33.1. The molecule has 0 bridgehead atoms. The maximum Gasteiger partial charge on any atom is 0.472 e. The molecular weight excluding hydrogens is 966 g/mol. The first-order valence-electron chi connectivity index (χ1n) is 31.2. The average molecular weight is 1080 g/mol. The first-order chi connectivity index (χ1) is 37.3. The topological polar surface area (TPSA) is 134 Å². The minimum atomic E-state index is -4.39. The Bertz CT molecular complexity index is 1560. The molecule has 0 spiro atoms. The number of ether oxygens (including phenoxy) is 2. The van der Waals surface area contributed by atoms with Crippen molar-refractivity contribution < 1.29 is 37.6 Å². The molecule has 3 N–H and O–H groups in total. The third-order valence-corrected chi connectivity index (χ3v) is 14.2. The van der Waals surface area contributed by atoms with Gasteiger partial charge in [-0.15, -0.1) is 0 Å². The van der Waals surface area contributed by atoms with Crippen LogP contribution in [-0.2, 0) is 32.7 Å². The molecule has 0 fully saturated rings. The summed E-state index contributed by atoms with van der Waals surface area (Å²) in [6.45, 7) is 3.62. The molecule has 10 heteroatoms. The van der Waals surface area contributed by atoms with Crippen LogP contribution in [0.15, 0.2) is 97.2 Å². The van der Waals surface area contributed by atoms with Crippen LogP contribution in [0, 0.1) is 0 Å². The fraction of sp³-hybridized carbons (Fsp3) is 0.727. The highest BCUT2D eigenvalue weighted by Crippen LogP contribution is 2.43. The average Bonchev–Trinajstić information content (AvgIpc) is 3.41. The summed E-state index contributed by atoms with van der Waals surface area (Å²) in [5, 5.41) is 0. The summed E-state index contributed by atoms with van der Waals surface area (Å²) in [6.07, 6.45) is 81.9. The molecule has 0 heterocycles. The molecule has 0 saturated carbocycles. The molecule has 9 nitrogen and oxygen atoms in total. The van der Waals surface area contributed by atoms with E-state index in [1.54, 1.807) is 0 Å². The Balaban J connectivity index is 3.88. The van der Waals surface area contributed by atoms with Gasteiger partial charge >= 0.3 is 19.8 Å². The lowest BCUT2D eigenvalue weighted by Crippen LogP contribution is -2.29. The van der Waals surface area contributed by atoms with Crippen molar-refractivity contribution in [1.29, 1.82) is 0 Å². The van der Waals surface area contributed by atoms with E-state index in [0.29, 0.717) is 6.42 Å². The maximum absolute atomic E-state index is 12.7. The molecule has 438 valence electrons. The number of hydrogen-bond donors (Lipinski definition) is 2. The van der Waals surface area contributed by atoms with E-state index in [-0.39, 0.29) is 38.6 Å². The second-order valence-electron chi connectivity index (χ2n) is 20.5. The van der Waals surface area contributed by atoms with Crippen LogP contribution in [0.3, 0.4) is 0 Å². The summed E-state index contributed by atoms with van der Waals surface area (Å²) in [5.41, 5.74) is 5.39. The lowest BCUT2D eigenvalue weighted by molar-refractivity contribution is -0.161. The van der Waals surface area contributed by atoms with Crippen molar-refractivity contribution in [3.8, 4) is 0 Å². The second kappa shape index (κ2) is 61.1. The Morgan fingerprint density at radius 1 is 0.408 bits per heavy atom. The number of hydrogen-bond acceptors (Lipinski definition) is 8. The fourth-order valence-electron chi connectivity index (χ4n) is 8.61. The Kier molecular flexibility index (Phi) is 58.7. The van der Waals surface area contributed by atoms with Crippen LogP contribution in [0.25, 0.3) is 0 Å². The van der Waals surface area contributed by atoms with E-state index >= 15 is 0 Å². The van der Waals surface area contributed by atoms with E-state index in [9.17, 15) is 19.0 Å². The van der Waals surface area contributed by atoms with Crippen molar-refractivity contribution in [1.82, 2.24) is 0 Å². The van der Waals surface area contributed by atoms with Crippen molar-refractivity contribution in [2.75, 3.05) is 26.4 Å². The molecule has 2 atom stereocenters. The number of carbonyl (C=O) groups is 2. The van der Waals surface area contributed by atoms with Crippen LogP contribution in [0.4, 0.5) is 0 Å². The Labute approximate surface area is 467 Å². The molecule has 0 saturated heterocycles. The number of nitrogens with two attached hydrogens (primary N) is 1. The SMILES string of the molecule is CC/C=C\C/C=C\C/C=C\C/C=C\C/C=C\C/C=C\CCCCCCCCCCCCCCCCCCCCC(=O)OC(COC(=O)CCCCCCCCC/C=C\C/C=C\CCCCCC)COP(=O)(O)OCCN. The van der Waals surface area contributed by atoms with Gasteiger partial charge in [0.25, 0.3) is 0 Å². The number of phosphoric acid groups is 1. The van der Waals surface area contributed by atoms with Gasteiger partial charge in [-0.2, -0.15) is 0 Å². The first kappa shape index (κ1) is 72.9. The molecule has 2 unspecified atom stereocenters. The Hall–Kier alpha value is -3.07. The van der Waals surface area contributed by atoms with E-state index in [0.717, 1.165) is 96.3 Å². The molecule has 0 aromatic heterocycles. The highest BCUT2D eigenvalue weighted by atomic mass is 31.2. The van der Waals surface area contributed by atoms with E-state index in [2.05, 4.69) is 111 Å². The van der Waals surface area contributed by atoms with Gasteiger partial charge in [0.05, 0.1) is 13.2 Å². The van der Waals surface area contributed by atoms with Crippen molar-refractivity contribution in [3.63, 3.8) is 0 Å². The molecule has 0 aliphatic heterocycles. The minimum absolute atomic E-state index is 0.0501. The van der Waals surface area contributed by atoms with Gasteiger partial charge in [-0.05, 0) is 96.3 Å². The van der Waals surface area contributed by atoms with Crippen molar-refractivity contribution in [2.24, 2.45) is 5.73 Å². The summed E-state index contributed by atoms with van der Waals surface area (Å²) in [7, 11) is -4.39. The Morgan fingerprint density at radius 2 is 0.724 bits per heavy atom. The molecule has 0 aromatic rings. The number of carbonyl (C=O) groups excluding carboxylic acids is 2. The molecule has 76 heavy (non-hydrogen) atoms. The minimum Gasteiger partial charge on any atom is -0.462 e. The zero-order valence-corrected chi connectivity index (χ0v) is 49.9. The van der Waals surface area contributed by atoms with Crippen LogP contribution in [0.2, 0.25) is 0 Å². The predicted molar refractivity (Wildman–Crippen MR) is 325 cm³/mol. The summed E-state index contributed by atoms with van der Waals surface area (Å²) in [4.78, 5) is 35.2. The van der Waals surface area contributed by atoms with E-state index < -0.39 is 26.5 Å². The maximum atomic E-state index is 12.7. The van der Waals surface area contributed by atoms with Crippen LogP contribution < -0.4 is 5.73 Å².